The van der Waals surface area contributed by atoms with Crippen molar-refractivity contribution in [3.8, 4) is 11.3 Å². The number of benzene rings is 1. The summed E-state index contributed by atoms with van der Waals surface area (Å²) >= 11 is 0. The summed E-state index contributed by atoms with van der Waals surface area (Å²) in [6.07, 6.45) is 3.81. The van der Waals surface area contributed by atoms with Crippen LogP contribution in [0.25, 0.3) is 17.0 Å². The van der Waals surface area contributed by atoms with Crippen molar-refractivity contribution in [1.29, 1.82) is 0 Å². The predicted octanol–water partition coefficient (Wildman–Crippen LogP) is 1.60. The first-order valence-electron chi connectivity index (χ1n) is 5.09. The smallest absolute Gasteiger partial charge is 0.252 e. The van der Waals surface area contributed by atoms with E-state index in [0.717, 1.165) is 11.8 Å². The van der Waals surface area contributed by atoms with Gasteiger partial charge in [0.2, 0.25) is 0 Å². The number of carbonyl (C=O) groups excluding carboxylic acids is 1. The number of fused-ring (bicyclic) bond motifs is 1. The molecule has 0 atom stereocenters. The molecule has 2 aromatic heterocycles. The fourth-order valence-electron chi connectivity index (χ4n) is 1.69. The molecule has 0 aliphatic carbocycles. The number of aromatic nitrogens is 4. The molecule has 5 nitrogen and oxygen atoms in total. The van der Waals surface area contributed by atoms with Crippen LogP contribution in [0.5, 0.6) is 0 Å². The second kappa shape index (κ2) is 3.79. The van der Waals surface area contributed by atoms with Gasteiger partial charge in [-0.15, -0.1) is 0 Å². The highest BCUT2D eigenvalue weighted by molar-refractivity contribution is 5.85. The summed E-state index contributed by atoms with van der Waals surface area (Å²) in [6, 6.07) is 9.53. The van der Waals surface area contributed by atoms with E-state index in [1.54, 1.807) is 6.20 Å². The highest BCUT2D eigenvalue weighted by Gasteiger charge is 2.09. The molecular formula is C12H8N4O. The van der Waals surface area contributed by atoms with Crippen molar-refractivity contribution in [3.63, 3.8) is 0 Å². The average molecular weight is 224 g/mol. The Bertz CT molecular complexity index is 675. The molecule has 0 aliphatic heterocycles. The summed E-state index contributed by atoms with van der Waals surface area (Å²) < 4.78 is 1.48. The molecular weight excluding hydrogens is 216 g/mol. The zero-order chi connectivity index (χ0) is 11.7. The van der Waals surface area contributed by atoms with Gasteiger partial charge in [-0.1, -0.05) is 30.3 Å². The molecule has 0 spiro atoms. The number of hydrogen-bond donors (Lipinski definition) is 0. The minimum Gasteiger partial charge on any atom is -0.298 e. The zero-order valence-corrected chi connectivity index (χ0v) is 8.82. The topological polar surface area (TPSA) is 60.2 Å². The molecule has 0 saturated heterocycles. The highest BCUT2D eigenvalue weighted by atomic mass is 16.1. The third-order valence-electron chi connectivity index (χ3n) is 2.47. The van der Waals surface area contributed by atoms with Crippen molar-refractivity contribution in [2.24, 2.45) is 0 Å². The Labute approximate surface area is 96.8 Å². The Balaban J connectivity index is 2.30. The van der Waals surface area contributed by atoms with Crippen molar-refractivity contribution in [2.75, 3.05) is 0 Å². The first kappa shape index (κ1) is 9.65. The Morgan fingerprint density at radius 3 is 2.76 bits per heavy atom. The average Bonchev–Trinajstić information content (AvgIpc) is 2.85. The van der Waals surface area contributed by atoms with E-state index in [1.807, 2.05) is 30.3 Å². The van der Waals surface area contributed by atoms with Crippen LogP contribution in [0.2, 0.25) is 0 Å². The van der Waals surface area contributed by atoms with E-state index in [4.69, 9.17) is 0 Å². The molecule has 3 rings (SSSR count). The molecule has 0 fully saturated rings. The lowest BCUT2D eigenvalue weighted by Crippen LogP contribution is -1.99. The first-order valence-corrected chi connectivity index (χ1v) is 5.09. The second-order valence-electron chi connectivity index (χ2n) is 3.53. The predicted molar refractivity (Wildman–Crippen MR) is 61.6 cm³/mol. The number of nitrogens with zero attached hydrogens (tertiary/aromatic N) is 4. The quantitative estimate of drug-likeness (QED) is 0.620. The third-order valence-corrected chi connectivity index (χ3v) is 2.47. The molecule has 2 heterocycles. The van der Waals surface area contributed by atoms with E-state index >= 15 is 0 Å². The van der Waals surface area contributed by atoms with Crippen molar-refractivity contribution in [3.05, 3.63) is 48.4 Å². The van der Waals surface area contributed by atoms with E-state index < -0.39 is 0 Å². The Kier molecular flexibility index (Phi) is 2.15. The first-order chi connectivity index (χ1) is 8.38. The SMILES string of the molecule is O=Cc1cn2ncnc2nc1-c1ccccc1. The normalized spacial score (nSPS) is 10.6. The molecule has 0 aliphatic rings. The molecule has 0 unspecified atom stereocenters. The number of hydrogen-bond acceptors (Lipinski definition) is 4. The van der Waals surface area contributed by atoms with Crippen LogP contribution >= 0.6 is 0 Å². The summed E-state index contributed by atoms with van der Waals surface area (Å²) in [7, 11) is 0. The van der Waals surface area contributed by atoms with Crippen LogP contribution in [-0.4, -0.2) is 25.9 Å². The van der Waals surface area contributed by atoms with Gasteiger partial charge in [0.05, 0.1) is 11.3 Å². The van der Waals surface area contributed by atoms with Gasteiger partial charge in [-0.05, 0) is 0 Å². The van der Waals surface area contributed by atoms with Crippen molar-refractivity contribution < 1.29 is 4.79 Å². The zero-order valence-electron chi connectivity index (χ0n) is 8.82. The van der Waals surface area contributed by atoms with Crippen LogP contribution in [0.4, 0.5) is 0 Å². The molecule has 0 saturated carbocycles. The van der Waals surface area contributed by atoms with Crippen LogP contribution in [-0.2, 0) is 0 Å². The van der Waals surface area contributed by atoms with E-state index in [2.05, 4.69) is 15.1 Å². The van der Waals surface area contributed by atoms with Crippen molar-refractivity contribution >= 4 is 12.1 Å². The summed E-state index contributed by atoms with van der Waals surface area (Å²) in [5.74, 6) is 0.481. The lowest BCUT2D eigenvalue weighted by molar-refractivity contribution is 0.112. The van der Waals surface area contributed by atoms with Crippen molar-refractivity contribution in [2.45, 2.75) is 0 Å². The molecule has 0 N–H and O–H groups in total. The molecule has 17 heavy (non-hydrogen) atoms. The number of carbonyl (C=O) groups is 1. The molecule has 82 valence electrons. The maximum absolute atomic E-state index is 11.1. The molecule has 0 amide bonds. The number of rotatable bonds is 2. The minimum absolute atomic E-state index is 0.481. The Hall–Kier alpha value is -2.56. The summed E-state index contributed by atoms with van der Waals surface area (Å²) in [4.78, 5) is 19.4. The molecule has 5 heteroatoms. The Morgan fingerprint density at radius 1 is 1.18 bits per heavy atom. The van der Waals surface area contributed by atoms with Crippen LogP contribution in [0.15, 0.2) is 42.9 Å². The monoisotopic (exact) mass is 224 g/mol. The molecule has 0 bridgehead atoms. The van der Waals surface area contributed by atoms with Gasteiger partial charge in [-0.25, -0.2) is 9.50 Å². The van der Waals surface area contributed by atoms with E-state index in [1.165, 1.54) is 10.8 Å². The van der Waals surface area contributed by atoms with Gasteiger partial charge in [0.15, 0.2) is 6.29 Å². The summed E-state index contributed by atoms with van der Waals surface area (Å²) in [5, 5.41) is 3.95. The standard InChI is InChI=1S/C12H8N4O/c17-7-10-6-16-12(13-8-14-16)15-11(10)9-4-2-1-3-5-9/h1-8H. The van der Waals surface area contributed by atoms with Gasteiger partial charge < -0.3 is 0 Å². The highest BCUT2D eigenvalue weighted by Crippen LogP contribution is 2.20. The minimum atomic E-state index is 0.481. The fourth-order valence-corrected chi connectivity index (χ4v) is 1.69. The maximum atomic E-state index is 11.1. The summed E-state index contributed by atoms with van der Waals surface area (Å²) in [5.41, 5.74) is 2.01. The molecule has 1 aromatic carbocycles. The maximum Gasteiger partial charge on any atom is 0.252 e. The number of aldehydes is 1. The van der Waals surface area contributed by atoms with Gasteiger partial charge in [-0.3, -0.25) is 4.79 Å². The van der Waals surface area contributed by atoms with Gasteiger partial charge in [0.1, 0.15) is 6.33 Å². The molecule has 3 aromatic rings. The lowest BCUT2D eigenvalue weighted by Gasteiger charge is -2.03. The van der Waals surface area contributed by atoms with Gasteiger partial charge in [0.25, 0.3) is 5.78 Å². The van der Waals surface area contributed by atoms with Crippen LogP contribution in [0, 0.1) is 0 Å². The van der Waals surface area contributed by atoms with Gasteiger partial charge in [0, 0.05) is 11.8 Å². The van der Waals surface area contributed by atoms with Gasteiger partial charge >= 0.3 is 0 Å². The van der Waals surface area contributed by atoms with Crippen molar-refractivity contribution in [1.82, 2.24) is 19.6 Å². The van der Waals surface area contributed by atoms with Gasteiger partial charge in [-0.2, -0.15) is 10.1 Å². The third kappa shape index (κ3) is 1.57. The largest absolute Gasteiger partial charge is 0.298 e. The van der Waals surface area contributed by atoms with E-state index in [9.17, 15) is 4.79 Å². The Morgan fingerprint density at radius 2 is 2.00 bits per heavy atom. The van der Waals surface area contributed by atoms with Crippen LogP contribution < -0.4 is 0 Å². The van der Waals surface area contributed by atoms with Crippen LogP contribution in [0.1, 0.15) is 10.4 Å². The lowest BCUT2D eigenvalue weighted by atomic mass is 10.1. The molecule has 0 radical (unpaired) electrons. The van der Waals surface area contributed by atoms with E-state index in [-0.39, 0.29) is 0 Å². The fraction of sp³-hybridized carbons (Fsp3) is 0. The van der Waals surface area contributed by atoms with E-state index in [0.29, 0.717) is 17.0 Å². The summed E-state index contributed by atoms with van der Waals surface area (Å²) in [6.45, 7) is 0. The second-order valence-corrected chi connectivity index (χ2v) is 3.53. The van der Waals surface area contributed by atoms with Crippen LogP contribution in [0.3, 0.4) is 0 Å².